The lowest BCUT2D eigenvalue weighted by Crippen LogP contribution is -2.44. The maximum Gasteiger partial charge on any atom is 0.410 e. The second kappa shape index (κ2) is 7.39. The van der Waals surface area contributed by atoms with Crippen molar-refractivity contribution in [1.29, 1.82) is 0 Å². The highest BCUT2D eigenvalue weighted by molar-refractivity contribution is 5.68. The Morgan fingerprint density at radius 1 is 1.25 bits per heavy atom. The molecule has 1 N–H and O–H groups in total. The van der Waals surface area contributed by atoms with Crippen LogP contribution in [-0.4, -0.2) is 58.7 Å². The number of hydrogen-bond donors (Lipinski definition) is 1. The molecule has 3 unspecified atom stereocenters. The minimum absolute atomic E-state index is 0.186. The van der Waals surface area contributed by atoms with E-state index in [4.69, 9.17) is 4.74 Å². The highest BCUT2D eigenvalue weighted by Crippen LogP contribution is 2.46. The largest absolute Gasteiger partial charge is 0.444 e. The molecule has 0 bridgehead atoms. The standard InChI is InChI=1S/C22H31N3O3/c1-22(2,3)28-21(27)24-10-8-15(9-11-24)20(26)12-18-16-6-4-5-7-17(16)19-13-23-14-25(18)19/h4-7,14-15,18-20,26H,8-13H2,1-3H3. The molecule has 0 radical (unpaired) electrons. The lowest BCUT2D eigenvalue weighted by atomic mass is 9.86. The predicted molar refractivity (Wildman–Crippen MR) is 108 cm³/mol. The Balaban J connectivity index is 1.36. The SMILES string of the molecule is CC(C)(C)OC(=O)N1CCC(C(O)CC2c3ccccc3C3CN=CN32)CC1. The first kappa shape index (κ1) is 19.2. The molecule has 1 fully saturated rings. The number of aliphatic imine (C=N–C) groups is 1. The van der Waals surface area contributed by atoms with Crippen LogP contribution in [0.5, 0.6) is 0 Å². The summed E-state index contributed by atoms with van der Waals surface area (Å²) in [6.07, 6.45) is 3.65. The van der Waals surface area contributed by atoms with E-state index >= 15 is 0 Å². The highest BCUT2D eigenvalue weighted by atomic mass is 16.6. The van der Waals surface area contributed by atoms with Gasteiger partial charge in [0.05, 0.1) is 31.1 Å². The van der Waals surface area contributed by atoms with Crippen molar-refractivity contribution in [3.63, 3.8) is 0 Å². The molecule has 1 saturated heterocycles. The van der Waals surface area contributed by atoms with Crippen molar-refractivity contribution < 1.29 is 14.6 Å². The van der Waals surface area contributed by atoms with Crippen LogP contribution in [0.4, 0.5) is 4.79 Å². The first-order valence-electron chi connectivity index (χ1n) is 10.4. The summed E-state index contributed by atoms with van der Waals surface area (Å²) in [6.45, 7) is 7.75. The van der Waals surface area contributed by atoms with Crippen molar-refractivity contribution in [1.82, 2.24) is 9.80 Å². The van der Waals surface area contributed by atoms with Crippen LogP contribution in [0.1, 0.15) is 63.2 Å². The van der Waals surface area contributed by atoms with E-state index < -0.39 is 5.60 Å². The summed E-state index contributed by atoms with van der Waals surface area (Å²) in [6, 6.07) is 9.04. The van der Waals surface area contributed by atoms with E-state index in [2.05, 4.69) is 34.2 Å². The molecule has 6 heteroatoms. The number of ether oxygens (including phenoxy) is 1. The molecule has 3 aliphatic heterocycles. The molecule has 1 amide bonds. The highest BCUT2D eigenvalue weighted by Gasteiger charge is 2.41. The average Bonchev–Trinajstić information content (AvgIpc) is 3.23. The van der Waals surface area contributed by atoms with Gasteiger partial charge < -0.3 is 19.6 Å². The molecule has 6 nitrogen and oxygen atoms in total. The van der Waals surface area contributed by atoms with E-state index in [0.29, 0.717) is 25.6 Å². The summed E-state index contributed by atoms with van der Waals surface area (Å²) in [4.78, 5) is 20.8. The van der Waals surface area contributed by atoms with E-state index in [0.717, 1.165) is 19.4 Å². The molecule has 3 aliphatic rings. The molecule has 0 aliphatic carbocycles. The number of benzene rings is 1. The fourth-order valence-electron chi connectivity index (χ4n) is 4.71. The van der Waals surface area contributed by atoms with Crippen molar-refractivity contribution in [3.8, 4) is 0 Å². The van der Waals surface area contributed by atoms with Gasteiger partial charge in [0.2, 0.25) is 0 Å². The number of carbonyl (C=O) groups is 1. The third-order valence-electron chi connectivity index (χ3n) is 6.13. The van der Waals surface area contributed by atoms with Gasteiger partial charge in [0.25, 0.3) is 0 Å². The van der Waals surface area contributed by atoms with Gasteiger partial charge in [0.1, 0.15) is 5.60 Å². The first-order valence-corrected chi connectivity index (χ1v) is 10.4. The Morgan fingerprint density at radius 3 is 2.61 bits per heavy atom. The zero-order valence-corrected chi connectivity index (χ0v) is 17.0. The molecule has 0 saturated carbocycles. The molecular formula is C22H31N3O3. The lowest BCUT2D eigenvalue weighted by Gasteiger charge is -2.36. The number of amides is 1. The van der Waals surface area contributed by atoms with Crippen molar-refractivity contribution in [2.45, 2.75) is 63.8 Å². The van der Waals surface area contributed by atoms with Gasteiger partial charge in [-0.25, -0.2) is 4.79 Å². The van der Waals surface area contributed by atoms with Gasteiger partial charge in [-0.1, -0.05) is 24.3 Å². The van der Waals surface area contributed by atoms with Crippen LogP contribution in [0.25, 0.3) is 0 Å². The number of aliphatic hydroxyl groups excluding tert-OH is 1. The molecule has 1 aromatic carbocycles. The van der Waals surface area contributed by atoms with E-state index in [-0.39, 0.29) is 24.2 Å². The second-order valence-electron chi connectivity index (χ2n) is 9.20. The van der Waals surface area contributed by atoms with Crippen LogP contribution in [0.15, 0.2) is 29.3 Å². The van der Waals surface area contributed by atoms with Crippen molar-refractivity contribution in [3.05, 3.63) is 35.4 Å². The van der Waals surface area contributed by atoms with Crippen molar-refractivity contribution in [2.24, 2.45) is 10.9 Å². The maximum atomic E-state index is 12.3. The van der Waals surface area contributed by atoms with Crippen LogP contribution >= 0.6 is 0 Å². The predicted octanol–water partition coefficient (Wildman–Crippen LogP) is 3.52. The van der Waals surface area contributed by atoms with E-state index in [1.165, 1.54) is 11.1 Å². The van der Waals surface area contributed by atoms with Crippen LogP contribution in [-0.2, 0) is 4.74 Å². The summed E-state index contributed by atoms with van der Waals surface area (Å²) >= 11 is 0. The van der Waals surface area contributed by atoms with Gasteiger partial charge in [-0.05, 0) is 57.1 Å². The second-order valence-corrected chi connectivity index (χ2v) is 9.20. The number of rotatable bonds is 3. The zero-order valence-electron chi connectivity index (χ0n) is 17.0. The van der Waals surface area contributed by atoms with Gasteiger partial charge in [-0.15, -0.1) is 0 Å². The fourth-order valence-corrected chi connectivity index (χ4v) is 4.71. The molecule has 4 rings (SSSR count). The number of aliphatic hydroxyl groups is 1. The normalized spacial score (nSPS) is 25.6. The van der Waals surface area contributed by atoms with E-state index in [9.17, 15) is 9.90 Å². The number of carbonyl (C=O) groups excluding carboxylic acids is 1. The summed E-state index contributed by atoms with van der Waals surface area (Å²) in [5.74, 6) is 0.212. The van der Waals surface area contributed by atoms with Crippen LogP contribution in [0.3, 0.4) is 0 Å². The Labute approximate surface area is 167 Å². The summed E-state index contributed by atoms with van der Waals surface area (Å²) in [5.41, 5.74) is 2.19. The van der Waals surface area contributed by atoms with Gasteiger partial charge >= 0.3 is 6.09 Å². The number of fused-ring (bicyclic) bond motifs is 3. The van der Waals surface area contributed by atoms with Gasteiger partial charge in [-0.2, -0.15) is 0 Å². The molecule has 0 spiro atoms. The Hall–Kier alpha value is -2.08. The number of likely N-dealkylation sites (tertiary alicyclic amines) is 1. The average molecular weight is 386 g/mol. The topological polar surface area (TPSA) is 65.4 Å². The van der Waals surface area contributed by atoms with Crippen LogP contribution in [0, 0.1) is 5.92 Å². The third-order valence-corrected chi connectivity index (χ3v) is 6.13. The van der Waals surface area contributed by atoms with E-state index in [1.807, 2.05) is 27.1 Å². The summed E-state index contributed by atoms with van der Waals surface area (Å²) in [5, 5.41) is 11.0. The van der Waals surface area contributed by atoms with Crippen molar-refractivity contribution in [2.75, 3.05) is 19.6 Å². The molecule has 0 aromatic heterocycles. The van der Waals surface area contributed by atoms with Crippen LogP contribution < -0.4 is 0 Å². The zero-order chi connectivity index (χ0) is 19.9. The Morgan fingerprint density at radius 2 is 1.93 bits per heavy atom. The quantitative estimate of drug-likeness (QED) is 0.865. The van der Waals surface area contributed by atoms with Crippen LogP contribution in [0.2, 0.25) is 0 Å². The fraction of sp³-hybridized carbons (Fsp3) is 0.636. The number of hydrogen-bond acceptors (Lipinski definition) is 5. The Bertz CT molecular complexity index is 750. The monoisotopic (exact) mass is 385 g/mol. The molecule has 1 aromatic rings. The number of piperidine rings is 1. The number of nitrogens with zero attached hydrogens (tertiary/aromatic N) is 3. The smallest absolute Gasteiger partial charge is 0.410 e. The summed E-state index contributed by atoms with van der Waals surface area (Å²) in [7, 11) is 0. The minimum atomic E-state index is -0.475. The van der Waals surface area contributed by atoms with E-state index in [1.54, 1.807) is 4.90 Å². The molecule has 3 atom stereocenters. The first-order chi connectivity index (χ1) is 13.3. The third kappa shape index (κ3) is 3.75. The van der Waals surface area contributed by atoms with Gasteiger partial charge in [0, 0.05) is 13.1 Å². The maximum absolute atomic E-state index is 12.3. The minimum Gasteiger partial charge on any atom is -0.444 e. The van der Waals surface area contributed by atoms with Gasteiger partial charge in [-0.3, -0.25) is 4.99 Å². The van der Waals surface area contributed by atoms with Crippen molar-refractivity contribution >= 4 is 12.4 Å². The lowest BCUT2D eigenvalue weighted by molar-refractivity contribution is 0.00377. The molecule has 3 heterocycles. The molecule has 28 heavy (non-hydrogen) atoms. The molecule has 152 valence electrons. The van der Waals surface area contributed by atoms with Gasteiger partial charge in [0.15, 0.2) is 0 Å². The Kier molecular flexibility index (Phi) is 5.08. The summed E-state index contributed by atoms with van der Waals surface area (Å²) < 4.78 is 5.47. The molecular weight excluding hydrogens is 354 g/mol.